The van der Waals surface area contributed by atoms with E-state index in [0.717, 1.165) is 22.4 Å². The van der Waals surface area contributed by atoms with Gasteiger partial charge < -0.3 is 24.9 Å². The van der Waals surface area contributed by atoms with Crippen molar-refractivity contribution < 1.29 is 13.9 Å². The van der Waals surface area contributed by atoms with Gasteiger partial charge in [0, 0.05) is 17.1 Å². The van der Waals surface area contributed by atoms with Crippen LogP contribution in [0.2, 0.25) is 0 Å². The Morgan fingerprint density at radius 3 is 2.56 bits per heavy atom. The fourth-order valence-corrected chi connectivity index (χ4v) is 2.38. The fourth-order valence-electron chi connectivity index (χ4n) is 2.38. The van der Waals surface area contributed by atoms with Gasteiger partial charge in [-0.3, -0.25) is 0 Å². The first-order valence-corrected chi connectivity index (χ1v) is 7.46. The van der Waals surface area contributed by atoms with E-state index in [1.54, 1.807) is 26.4 Å². The van der Waals surface area contributed by atoms with Crippen molar-refractivity contribution in [1.29, 1.82) is 0 Å². The number of para-hydroxylation sites is 1. The zero-order valence-corrected chi connectivity index (χ0v) is 16.3. The Hall–Kier alpha value is -2.42. The molecule has 25 heavy (non-hydrogen) atoms. The topological polar surface area (TPSA) is 82.0 Å². The second-order valence-corrected chi connectivity index (χ2v) is 5.15. The van der Waals surface area contributed by atoms with Crippen molar-refractivity contribution in [3.05, 3.63) is 54.3 Å². The molecule has 3 rings (SSSR count). The largest absolute Gasteiger partial charge is 0.493 e. The molecule has 1 heterocycles. The monoisotopic (exact) mass is 453 g/mol. The number of ether oxygens (including phenoxy) is 2. The van der Waals surface area contributed by atoms with Crippen LogP contribution in [-0.2, 0) is 6.54 Å². The second-order valence-electron chi connectivity index (χ2n) is 5.15. The van der Waals surface area contributed by atoms with Crippen molar-refractivity contribution >= 4 is 46.6 Å². The van der Waals surface area contributed by atoms with E-state index in [1.807, 2.05) is 36.4 Å². The summed E-state index contributed by atoms with van der Waals surface area (Å²) < 4.78 is 16.2. The molecule has 0 saturated carbocycles. The van der Waals surface area contributed by atoms with Crippen LogP contribution < -0.4 is 20.5 Å². The Labute approximate surface area is 163 Å². The molecule has 0 unspecified atom stereocenters. The SMILES string of the molecule is COc1ccc(NC(N)=NCc2cc3ccccc3o2)cc1OC.I. The number of methoxy groups -OCH3 is 2. The number of nitrogens with zero attached hydrogens (tertiary/aromatic N) is 1. The first-order chi connectivity index (χ1) is 11.7. The molecule has 0 bridgehead atoms. The molecule has 7 heteroatoms. The van der Waals surface area contributed by atoms with Crippen molar-refractivity contribution in [2.24, 2.45) is 10.7 Å². The summed E-state index contributed by atoms with van der Waals surface area (Å²) in [5.41, 5.74) is 7.54. The third-order valence-electron chi connectivity index (χ3n) is 3.54. The molecular formula is C18H20IN3O3. The summed E-state index contributed by atoms with van der Waals surface area (Å²) in [4.78, 5) is 4.30. The molecule has 0 radical (unpaired) electrons. The van der Waals surface area contributed by atoms with E-state index in [-0.39, 0.29) is 24.0 Å². The Kier molecular flexibility index (Phi) is 6.51. The highest BCUT2D eigenvalue weighted by Gasteiger charge is 2.06. The summed E-state index contributed by atoms with van der Waals surface area (Å²) in [5, 5.41) is 4.07. The number of fused-ring (bicyclic) bond motifs is 1. The van der Waals surface area contributed by atoms with Crippen molar-refractivity contribution in [1.82, 2.24) is 0 Å². The van der Waals surface area contributed by atoms with Gasteiger partial charge in [-0.15, -0.1) is 24.0 Å². The molecule has 0 aliphatic carbocycles. The summed E-state index contributed by atoms with van der Waals surface area (Å²) in [5.74, 6) is 2.32. The van der Waals surface area contributed by atoms with Crippen LogP contribution >= 0.6 is 24.0 Å². The minimum atomic E-state index is 0. The lowest BCUT2D eigenvalue weighted by molar-refractivity contribution is 0.355. The highest BCUT2D eigenvalue weighted by atomic mass is 127. The predicted molar refractivity (Wildman–Crippen MR) is 110 cm³/mol. The number of rotatable bonds is 5. The molecular weight excluding hydrogens is 433 g/mol. The number of hydrogen-bond acceptors (Lipinski definition) is 4. The van der Waals surface area contributed by atoms with Gasteiger partial charge in [0.25, 0.3) is 0 Å². The van der Waals surface area contributed by atoms with Gasteiger partial charge in [-0.05, 0) is 24.3 Å². The van der Waals surface area contributed by atoms with Gasteiger partial charge in [0.05, 0.1) is 14.2 Å². The van der Waals surface area contributed by atoms with Crippen LogP contribution in [0.15, 0.2) is 57.9 Å². The fraction of sp³-hybridized carbons (Fsp3) is 0.167. The molecule has 0 amide bonds. The Bertz CT molecular complexity index is 844. The number of guanidine groups is 1. The molecule has 0 aliphatic heterocycles. The number of nitrogens with two attached hydrogens (primary N) is 1. The van der Waals surface area contributed by atoms with Gasteiger partial charge in [0.15, 0.2) is 17.5 Å². The normalized spacial score (nSPS) is 11.0. The molecule has 1 aromatic heterocycles. The summed E-state index contributed by atoms with van der Waals surface area (Å²) in [6.45, 7) is 0.362. The van der Waals surface area contributed by atoms with E-state index in [0.29, 0.717) is 24.0 Å². The first kappa shape index (κ1) is 18.9. The molecule has 132 valence electrons. The van der Waals surface area contributed by atoms with Crippen LogP contribution in [-0.4, -0.2) is 20.2 Å². The lowest BCUT2D eigenvalue weighted by Gasteiger charge is -2.10. The lowest BCUT2D eigenvalue weighted by atomic mass is 10.2. The zero-order valence-electron chi connectivity index (χ0n) is 14.0. The van der Waals surface area contributed by atoms with Crippen LogP contribution in [0.3, 0.4) is 0 Å². The highest BCUT2D eigenvalue weighted by Crippen LogP contribution is 2.29. The third kappa shape index (κ3) is 4.56. The van der Waals surface area contributed by atoms with Gasteiger partial charge in [0.1, 0.15) is 17.9 Å². The van der Waals surface area contributed by atoms with E-state index >= 15 is 0 Å². The quantitative estimate of drug-likeness (QED) is 0.347. The van der Waals surface area contributed by atoms with Crippen LogP contribution in [0, 0.1) is 0 Å². The van der Waals surface area contributed by atoms with Crippen LogP contribution in [0.5, 0.6) is 11.5 Å². The van der Waals surface area contributed by atoms with Crippen molar-refractivity contribution in [2.45, 2.75) is 6.54 Å². The van der Waals surface area contributed by atoms with Gasteiger partial charge in [-0.2, -0.15) is 0 Å². The maximum absolute atomic E-state index is 5.94. The standard InChI is InChI=1S/C18H19N3O3.HI/c1-22-16-8-7-13(10-17(16)23-2)21-18(19)20-11-14-9-12-5-3-4-6-15(12)24-14;/h3-10H,11H2,1-2H3,(H3,19,20,21);1H. The number of aliphatic imine (C=N–C) groups is 1. The Morgan fingerprint density at radius 1 is 1.08 bits per heavy atom. The summed E-state index contributed by atoms with van der Waals surface area (Å²) in [6.07, 6.45) is 0. The van der Waals surface area contributed by atoms with Gasteiger partial charge in [0.2, 0.25) is 0 Å². The van der Waals surface area contributed by atoms with Gasteiger partial charge in [-0.1, -0.05) is 18.2 Å². The van der Waals surface area contributed by atoms with Crippen molar-refractivity contribution in [3.63, 3.8) is 0 Å². The van der Waals surface area contributed by atoms with Crippen LogP contribution in [0.1, 0.15) is 5.76 Å². The number of hydrogen-bond donors (Lipinski definition) is 2. The van der Waals surface area contributed by atoms with Crippen LogP contribution in [0.4, 0.5) is 5.69 Å². The lowest BCUT2D eigenvalue weighted by Crippen LogP contribution is -2.22. The Balaban J connectivity index is 0.00000225. The van der Waals surface area contributed by atoms with E-state index in [4.69, 9.17) is 19.6 Å². The summed E-state index contributed by atoms with van der Waals surface area (Å²) >= 11 is 0. The first-order valence-electron chi connectivity index (χ1n) is 7.46. The maximum atomic E-state index is 5.94. The molecule has 0 atom stereocenters. The maximum Gasteiger partial charge on any atom is 0.193 e. The molecule has 3 aromatic rings. The van der Waals surface area contributed by atoms with Crippen LogP contribution in [0.25, 0.3) is 11.0 Å². The summed E-state index contributed by atoms with van der Waals surface area (Å²) in [6, 6.07) is 15.2. The smallest absolute Gasteiger partial charge is 0.193 e. The predicted octanol–water partition coefficient (Wildman–Crippen LogP) is 3.99. The summed E-state index contributed by atoms with van der Waals surface area (Å²) in [7, 11) is 3.18. The number of anilines is 1. The average molecular weight is 453 g/mol. The number of furan rings is 1. The minimum absolute atomic E-state index is 0. The number of halogens is 1. The number of nitrogens with one attached hydrogen (secondary N) is 1. The van der Waals surface area contributed by atoms with E-state index < -0.39 is 0 Å². The van der Waals surface area contributed by atoms with Crippen molar-refractivity contribution in [2.75, 3.05) is 19.5 Å². The van der Waals surface area contributed by atoms with Gasteiger partial charge in [-0.25, -0.2) is 4.99 Å². The van der Waals surface area contributed by atoms with Crippen molar-refractivity contribution in [3.8, 4) is 11.5 Å². The average Bonchev–Trinajstić information content (AvgIpc) is 3.03. The van der Waals surface area contributed by atoms with E-state index in [1.165, 1.54) is 0 Å². The second kappa shape index (κ2) is 8.61. The zero-order chi connectivity index (χ0) is 16.9. The van der Waals surface area contributed by atoms with Gasteiger partial charge >= 0.3 is 0 Å². The molecule has 0 fully saturated rings. The molecule has 0 spiro atoms. The molecule has 3 N–H and O–H groups in total. The number of benzene rings is 2. The molecule has 6 nitrogen and oxygen atoms in total. The minimum Gasteiger partial charge on any atom is -0.493 e. The Morgan fingerprint density at radius 2 is 1.84 bits per heavy atom. The van der Waals surface area contributed by atoms with E-state index in [9.17, 15) is 0 Å². The molecule has 2 aromatic carbocycles. The molecule has 0 aliphatic rings. The highest BCUT2D eigenvalue weighted by molar-refractivity contribution is 14.0. The molecule has 0 saturated heterocycles. The van der Waals surface area contributed by atoms with E-state index in [2.05, 4.69) is 10.3 Å². The third-order valence-corrected chi connectivity index (χ3v) is 3.54.